The average Bonchev–Trinajstić information content (AvgIpc) is 2.81. The molecular weight excluding hydrogens is 312 g/mol. The van der Waals surface area contributed by atoms with Crippen LogP contribution in [0.5, 0.6) is 0 Å². The lowest BCUT2D eigenvalue weighted by atomic mass is 9.63. The van der Waals surface area contributed by atoms with Crippen LogP contribution in [-0.2, 0) is 14.3 Å². The Kier molecular flexibility index (Phi) is 3.76. The third-order valence-corrected chi connectivity index (χ3v) is 7.87. The molecule has 1 spiro atoms. The van der Waals surface area contributed by atoms with Gasteiger partial charge in [-0.2, -0.15) is 0 Å². The van der Waals surface area contributed by atoms with E-state index in [1.807, 2.05) is 0 Å². The molecule has 1 saturated heterocycles. The van der Waals surface area contributed by atoms with Gasteiger partial charge in [-0.3, -0.25) is 4.79 Å². The van der Waals surface area contributed by atoms with Gasteiger partial charge in [-0.15, -0.1) is 0 Å². The quantitative estimate of drug-likeness (QED) is 0.598. The average molecular weight is 342 g/mol. The van der Waals surface area contributed by atoms with Gasteiger partial charge in [-0.05, 0) is 56.8 Å². The molecule has 3 atom stereocenters. The Bertz CT molecular complexity index is 652. The first-order valence-electron chi connectivity index (χ1n) is 10.3. The van der Waals surface area contributed by atoms with Gasteiger partial charge in [-0.1, -0.05) is 29.7 Å². The summed E-state index contributed by atoms with van der Waals surface area (Å²) in [5, 5.41) is 0. The van der Waals surface area contributed by atoms with Crippen molar-refractivity contribution in [2.75, 3.05) is 13.2 Å². The highest BCUT2D eigenvalue weighted by atomic mass is 16.7. The van der Waals surface area contributed by atoms with Gasteiger partial charge < -0.3 is 9.47 Å². The number of rotatable bonds is 0. The zero-order chi connectivity index (χ0) is 17.1. The second kappa shape index (κ2) is 5.79. The van der Waals surface area contributed by atoms with Crippen molar-refractivity contribution >= 4 is 5.78 Å². The smallest absolute Gasteiger partial charge is 0.172 e. The number of ether oxygens (including phenoxy) is 2. The van der Waals surface area contributed by atoms with E-state index in [1.54, 1.807) is 16.7 Å². The summed E-state index contributed by atoms with van der Waals surface area (Å²) in [5.41, 5.74) is 4.83. The molecule has 0 bridgehead atoms. The number of carbonyl (C=O) groups is 1. The Hall–Kier alpha value is -0.930. The Morgan fingerprint density at radius 1 is 1.08 bits per heavy atom. The van der Waals surface area contributed by atoms with Crippen LogP contribution >= 0.6 is 0 Å². The molecule has 0 amide bonds. The molecule has 5 aliphatic rings. The van der Waals surface area contributed by atoms with Gasteiger partial charge in [0.15, 0.2) is 5.79 Å². The lowest BCUT2D eigenvalue weighted by Gasteiger charge is -2.41. The van der Waals surface area contributed by atoms with Crippen LogP contribution < -0.4 is 0 Å². The van der Waals surface area contributed by atoms with Crippen molar-refractivity contribution in [2.45, 2.75) is 76.9 Å². The molecule has 4 aliphatic carbocycles. The monoisotopic (exact) mass is 342 g/mol. The van der Waals surface area contributed by atoms with Gasteiger partial charge in [0.25, 0.3) is 0 Å². The predicted octanol–water partition coefficient (Wildman–Crippen LogP) is 4.72. The van der Waals surface area contributed by atoms with Crippen LogP contribution in [0, 0.1) is 17.3 Å². The van der Waals surface area contributed by atoms with Crippen LogP contribution in [0.25, 0.3) is 0 Å². The molecule has 1 heterocycles. The summed E-state index contributed by atoms with van der Waals surface area (Å²) < 4.78 is 12.2. The number of ketones is 1. The Balaban J connectivity index is 1.40. The summed E-state index contributed by atoms with van der Waals surface area (Å²) in [6.45, 7) is 3.93. The number of Topliss-reactive ketones (excluding diaryl/α,β-unsaturated/α-hetero) is 1. The van der Waals surface area contributed by atoms with Crippen molar-refractivity contribution in [1.82, 2.24) is 0 Å². The molecule has 25 heavy (non-hydrogen) atoms. The molecule has 0 radical (unpaired) electrons. The number of carbonyl (C=O) groups excluding carboxylic acids is 1. The van der Waals surface area contributed by atoms with E-state index in [9.17, 15) is 4.79 Å². The first-order chi connectivity index (χ1) is 12.1. The fraction of sp³-hybridized carbons (Fsp3) is 0.773. The molecule has 2 fully saturated rings. The highest BCUT2D eigenvalue weighted by molar-refractivity contribution is 5.87. The summed E-state index contributed by atoms with van der Waals surface area (Å²) in [6, 6.07) is 0. The summed E-state index contributed by atoms with van der Waals surface area (Å²) in [4.78, 5) is 12.5. The predicted molar refractivity (Wildman–Crippen MR) is 96.0 cm³/mol. The van der Waals surface area contributed by atoms with Crippen molar-refractivity contribution in [3.05, 3.63) is 22.8 Å². The molecule has 0 aromatic carbocycles. The van der Waals surface area contributed by atoms with Crippen molar-refractivity contribution < 1.29 is 14.3 Å². The van der Waals surface area contributed by atoms with Gasteiger partial charge in [0.05, 0.1) is 13.2 Å². The number of allylic oxidation sites excluding steroid dienone is 3. The van der Waals surface area contributed by atoms with Crippen LogP contribution in [0.1, 0.15) is 71.1 Å². The number of hydrogen-bond acceptors (Lipinski definition) is 3. The fourth-order valence-corrected chi connectivity index (χ4v) is 6.33. The normalized spacial score (nSPS) is 40.2. The topological polar surface area (TPSA) is 35.5 Å². The lowest BCUT2D eigenvalue weighted by Crippen LogP contribution is -2.42. The molecule has 5 rings (SSSR count). The zero-order valence-electron chi connectivity index (χ0n) is 15.4. The minimum absolute atomic E-state index is 0.0736. The molecule has 1 saturated carbocycles. The van der Waals surface area contributed by atoms with Gasteiger partial charge in [0.1, 0.15) is 5.78 Å². The maximum absolute atomic E-state index is 12.5. The molecule has 3 heteroatoms. The minimum atomic E-state index is -0.321. The summed E-state index contributed by atoms with van der Waals surface area (Å²) in [7, 11) is 0. The molecule has 0 N–H and O–H groups in total. The largest absolute Gasteiger partial charge is 0.349 e. The van der Waals surface area contributed by atoms with Crippen LogP contribution in [0.15, 0.2) is 22.8 Å². The van der Waals surface area contributed by atoms with Gasteiger partial charge in [-0.25, -0.2) is 0 Å². The molecule has 3 nitrogen and oxygen atoms in total. The molecule has 136 valence electrons. The highest BCUT2D eigenvalue weighted by Crippen LogP contribution is 2.56. The maximum Gasteiger partial charge on any atom is 0.172 e. The number of hydrogen-bond donors (Lipinski definition) is 0. The Labute approximate surface area is 150 Å². The minimum Gasteiger partial charge on any atom is -0.349 e. The standard InChI is InChI=1S/C22H30O3/c1-21-9-7-16-13-15-8-10-22(24-11-2-12-25-22)14-17(15)3-4-18(16)19(21)5-6-20(21)23/h7,18-19H,2-6,8-14H2,1H3/t18?,19-,21-/m0/s1. The highest BCUT2D eigenvalue weighted by Gasteiger charge is 2.52. The first kappa shape index (κ1) is 16.3. The van der Waals surface area contributed by atoms with E-state index in [0.717, 1.165) is 64.6 Å². The third kappa shape index (κ3) is 2.49. The van der Waals surface area contributed by atoms with E-state index in [4.69, 9.17) is 9.47 Å². The molecule has 1 unspecified atom stereocenters. The molecular formula is C22H30O3. The van der Waals surface area contributed by atoms with Gasteiger partial charge in [0, 0.05) is 24.7 Å². The third-order valence-electron chi connectivity index (χ3n) is 7.87. The van der Waals surface area contributed by atoms with Crippen LogP contribution in [0.4, 0.5) is 0 Å². The molecule has 1 aliphatic heterocycles. The van der Waals surface area contributed by atoms with E-state index in [1.165, 1.54) is 12.8 Å². The van der Waals surface area contributed by atoms with Crippen molar-refractivity contribution in [1.29, 1.82) is 0 Å². The number of fused-ring (bicyclic) bond motifs is 3. The van der Waals surface area contributed by atoms with Crippen LogP contribution in [0.2, 0.25) is 0 Å². The van der Waals surface area contributed by atoms with Crippen molar-refractivity contribution in [3.8, 4) is 0 Å². The van der Waals surface area contributed by atoms with Gasteiger partial charge >= 0.3 is 0 Å². The fourth-order valence-electron chi connectivity index (χ4n) is 6.33. The second-order valence-electron chi connectivity index (χ2n) is 9.14. The van der Waals surface area contributed by atoms with Crippen LogP contribution in [0.3, 0.4) is 0 Å². The van der Waals surface area contributed by atoms with E-state index in [0.29, 0.717) is 17.6 Å². The van der Waals surface area contributed by atoms with Gasteiger partial charge in [0.2, 0.25) is 0 Å². The zero-order valence-corrected chi connectivity index (χ0v) is 15.4. The van der Waals surface area contributed by atoms with Crippen molar-refractivity contribution in [2.24, 2.45) is 17.3 Å². The van der Waals surface area contributed by atoms with E-state index in [2.05, 4.69) is 13.0 Å². The molecule has 0 aromatic heterocycles. The lowest BCUT2D eigenvalue weighted by molar-refractivity contribution is -0.271. The van der Waals surface area contributed by atoms with E-state index < -0.39 is 0 Å². The first-order valence-corrected chi connectivity index (χ1v) is 10.3. The Morgan fingerprint density at radius 2 is 1.92 bits per heavy atom. The second-order valence-corrected chi connectivity index (χ2v) is 9.14. The summed E-state index contributed by atoms with van der Waals surface area (Å²) >= 11 is 0. The van der Waals surface area contributed by atoms with E-state index >= 15 is 0 Å². The maximum atomic E-state index is 12.5. The van der Waals surface area contributed by atoms with E-state index in [-0.39, 0.29) is 11.2 Å². The van der Waals surface area contributed by atoms with Crippen LogP contribution in [-0.4, -0.2) is 24.8 Å². The Morgan fingerprint density at radius 3 is 2.76 bits per heavy atom. The summed E-state index contributed by atoms with van der Waals surface area (Å²) in [6.07, 6.45) is 13.0. The van der Waals surface area contributed by atoms with Crippen molar-refractivity contribution in [3.63, 3.8) is 0 Å². The summed E-state index contributed by atoms with van der Waals surface area (Å²) in [5.74, 6) is 1.40. The molecule has 0 aromatic rings. The SMILES string of the molecule is C[C@]12CC=C3CC4=C(CCC3[C@@H]1CCC2=O)CC1(CC4)OCCCO1.